The van der Waals surface area contributed by atoms with Crippen molar-refractivity contribution < 1.29 is 0 Å². The summed E-state index contributed by atoms with van der Waals surface area (Å²) in [7, 11) is 0. The number of para-hydroxylation sites is 1. The van der Waals surface area contributed by atoms with Crippen molar-refractivity contribution in [2.75, 3.05) is 11.9 Å². The number of halogens is 1. The average molecular weight is 382 g/mol. The number of anilines is 1. The lowest BCUT2D eigenvalue weighted by atomic mass is 10.00. The third-order valence-corrected chi connectivity index (χ3v) is 5.28. The number of aryl methyl sites for hydroxylation is 1. The second kappa shape index (κ2) is 6.44. The Morgan fingerprint density at radius 3 is 2.67 bits per heavy atom. The van der Waals surface area contributed by atoms with E-state index in [-0.39, 0.29) is 0 Å². The number of benzene rings is 2. The maximum Gasteiger partial charge on any atom is 0.133 e. The molecule has 1 N–H and O–H groups in total. The fourth-order valence-corrected chi connectivity index (χ4v) is 3.81. The molecule has 0 saturated heterocycles. The molecular weight excluding hydrogens is 362 g/mol. The van der Waals surface area contributed by atoms with Crippen LogP contribution in [-0.2, 0) is 6.42 Å². The number of fused-ring (bicyclic) bond motifs is 1. The maximum atomic E-state index is 5.02. The SMILES string of the molecule is Cc1ccccc1-c1nn(-c2ccccc2Br)c2c1CCCCN2. The Kier molecular flexibility index (Phi) is 4.15. The predicted molar refractivity (Wildman–Crippen MR) is 103 cm³/mol. The van der Waals surface area contributed by atoms with E-state index in [4.69, 9.17) is 5.10 Å². The standard InChI is InChI=1S/C20H20BrN3/c1-14-8-2-3-9-15(14)19-16-10-6-7-13-22-20(16)24(23-19)18-12-5-4-11-17(18)21/h2-5,8-9,11-12,22H,6-7,10,13H2,1H3. The quantitative estimate of drug-likeness (QED) is 0.647. The van der Waals surface area contributed by atoms with E-state index in [9.17, 15) is 0 Å². The Balaban J connectivity index is 1.96. The Bertz CT molecular complexity index is 812. The number of hydrogen-bond donors (Lipinski definition) is 1. The summed E-state index contributed by atoms with van der Waals surface area (Å²) in [5.41, 5.74) is 6.00. The largest absolute Gasteiger partial charge is 0.370 e. The first-order valence-electron chi connectivity index (χ1n) is 8.42. The van der Waals surface area contributed by atoms with Gasteiger partial charge in [0.05, 0.1) is 11.4 Å². The van der Waals surface area contributed by atoms with Gasteiger partial charge in [0.1, 0.15) is 5.82 Å². The van der Waals surface area contributed by atoms with Gasteiger partial charge >= 0.3 is 0 Å². The molecule has 1 aliphatic heterocycles. The minimum Gasteiger partial charge on any atom is -0.370 e. The predicted octanol–water partition coefficient (Wildman–Crippen LogP) is 5.36. The minimum atomic E-state index is 0.996. The van der Waals surface area contributed by atoms with Crippen LogP contribution in [-0.4, -0.2) is 16.3 Å². The maximum absolute atomic E-state index is 5.02. The van der Waals surface area contributed by atoms with E-state index in [1.54, 1.807) is 0 Å². The van der Waals surface area contributed by atoms with Crippen molar-refractivity contribution in [1.29, 1.82) is 0 Å². The Labute approximate surface area is 150 Å². The Hall–Kier alpha value is -2.07. The van der Waals surface area contributed by atoms with Crippen LogP contribution in [0.4, 0.5) is 5.82 Å². The summed E-state index contributed by atoms with van der Waals surface area (Å²) < 4.78 is 3.12. The van der Waals surface area contributed by atoms with Crippen molar-refractivity contribution in [1.82, 2.24) is 9.78 Å². The van der Waals surface area contributed by atoms with E-state index in [2.05, 4.69) is 75.3 Å². The van der Waals surface area contributed by atoms with Crippen LogP contribution in [0.1, 0.15) is 24.0 Å². The molecule has 4 heteroatoms. The van der Waals surface area contributed by atoms with Gasteiger partial charge in [-0.1, -0.05) is 36.4 Å². The van der Waals surface area contributed by atoms with Crippen molar-refractivity contribution in [3.63, 3.8) is 0 Å². The van der Waals surface area contributed by atoms with Gasteiger partial charge in [0.15, 0.2) is 0 Å². The van der Waals surface area contributed by atoms with Gasteiger partial charge < -0.3 is 5.32 Å². The smallest absolute Gasteiger partial charge is 0.133 e. The fraction of sp³-hybridized carbons (Fsp3) is 0.250. The van der Waals surface area contributed by atoms with Crippen LogP contribution in [0.5, 0.6) is 0 Å². The van der Waals surface area contributed by atoms with Crippen molar-refractivity contribution in [2.45, 2.75) is 26.2 Å². The lowest BCUT2D eigenvalue weighted by Crippen LogP contribution is -2.07. The molecule has 4 rings (SSSR count). The molecule has 0 spiro atoms. The van der Waals surface area contributed by atoms with Crippen LogP contribution < -0.4 is 5.32 Å². The van der Waals surface area contributed by atoms with Crippen molar-refractivity contribution in [3.05, 3.63) is 64.1 Å². The van der Waals surface area contributed by atoms with E-state index in [0.29, 0.717) is 0 Å². The summed E-state index contributed by atoms with van der Waals surface area (Å²) in [6, 6.07) is 16.8. The topological polar surface area (TPSA) is 29.9 Å². The van der Waals surface area contributed by atoms with E-state index in [1.165, 1.54) is 29.5 Å². The lowest BCUT2D eigenvalue weighted by molar-refractivity contribution is 0.779. The molecule has 0 unspecified atom stereocenters. The summed E-state index contributed by atoms with van der Waals surface area (Å²) in [5.74, 6) is 1.14. The molecule has 24 heavy (non-hydrogen) atoms. The average Bonchev–Trinajstić information content (AvgIpc) is 2.78. The van der Waals surface area contributed by atoms with E-state index >= 15 is 0 Å². The summed E-state index contributed by atoms with van der Waals surface area (Å²) in [5, 5.41) is 8.63. The second-order valence-corrected chi connectivity index (χ2v) is 7.09. The lowest BCUT2D eigenvalue weighted by Gasteiger charge is -2.10. The second-order valence-electron chi connectivity index (χ2n) is 6.24. The third kappa shape index (κ3) is 2.65. The molecule has 122 valence electrons. The first-order valence-corrected chi connectivity index (χ1v) is 9.21. The highest BCUT2D eigenvalue weighted by Crippen LogP contribution is 2.36. The van der Waals surface area contributed by atoms with Gasteiger partial charge in [-0.15, -0.1) is 0 Å². The number of nitrogens with zero attached hydrogens (tertiary/aromatic N) is 2. The Morgan fingerprint density at radius 2 is 1.83 bits per heavy atom. The zero-order chi connectivity index (χ0) is 16.5. The van der Waals surface area contributed by atoms with Gasteiger partial charge in [0.25, 0.3) is 0 Å². The third-order valence-electron chi connectivity index (χ3n) is 4.61. The molecule has 0 radical (unpaired) electrons. The summed E-state index contributed by atoms with van der Waals surface area (Å²) in [6.45, 7) is 3.15. The normalized spacial score (nSPS) is 13.9. The zero-order valence-corrected chi connectivity index (χ0v) is 15.3. The molecule has 0 atom stereocenters. The van der Waals surface area contributed by atoms with Crippen molar-refractivity contribution in [3.8, 4) is 16.9 Å². The first kappa shape index (κ1) is 15.5. The summed E-state index contributed by atoms with van der Waals surface area (Å²) in [4.78, 5) is 0. The molecule has 1 aromatic heterocycles. The van der Waals surface area contributed by atoms with Crippen LogP contribution in [0, 0.1) is 6.92 Å². The van der Waals surface area contributed by atoms with Crippen LogP contribution in [0.25, 0.3) is 16.9 Å². The molecule has 3 nitrogen and oxygen atoms in total. The summed E-state index contributed by atoms with van der Waals surface area (Å²) in [6.07, 6.45) is 3.45. The van der Waals surface area contributed by atoms with E-state index in [0.717, 1.165) is 34.6 Å². The van der Waals surface area contributed by atoms with Gasteiger partial charge in [-0.3, -0.25) is 0 Å². The van der Waals surface area contributed by atoms with Crippen LogP contribution in [0.15, 0.2) is 53.0 Å². The van der Waals surface area contributed by atoms with Crippen molar-refractivity contribution >= 4 is 21.7 Å². The van der Waals surface area contributed by atoms with Gasteiger partial charge in [0.2, 0.25) is 0 Å². The summed E-state index contributed by atoms with van der Waals surface area (Å²) >= 11 is 3.67. The highest BCUT2D eigenvalue weighted by atomic mass is 79.9. The number of rotatable bonds is 2. The van der Waals surface area contributed by atoms with E-state index < -0.39 is 0 Å². The molecule has 2 heterocycles. The highest BCUT2D eigenvalue weighted by Gasteiger charge is 2.23. The highest BCUT2D eigenvalue weighted by molar-refractivity contribution is 9.10. The van der Waals surface area contributed by atoms with Gasteiger partial charge in [-0.2, -0.15) is 5.10 Å². The molecule has 0 bridgehead atoms. The molecule has 0 saturated carbocycles. The molecule has 2 aromatic carbocycles. The molecule has 1 aliphatic rings. The monoisotopic (exact) mass is 381 g/mol. The van der Waals surface area contributed by atoms with E-state index in [1.807, 2.05) is 6.07 Å². The fourth-order valence-electron chi connectivity index (χ4n) is 3.36. The molecule has 0 amide bonds. The van der Waals surface area contributed by atoms with Gasteiger partial charge in [-0.25, -0.2) is 4.68 Å². The van der Waals surface area contributed by atoms with Crippen LogP contribution in [0.3, 0.4) is 0 Å². The van der Waals surface area contributed by atoms with Gasteiger partial charge in [-0.05, 0) is 59.8 Å². The molecule has 3 aromatic rings. The van der Waals surface area contributed by atoms with Crippen LogP contribution >= 0.6 is 15.9 Å². The number of aromatic nitrogens is 2. The Morgan fingerprint density at radius 1 is 1.04 bits per heavy atom. The minimum absolute atomic E-state index is 0.996. The first-order chi connectivity index (χ1) is 11.8. The number of hydrogen-bond acceptors (Lipinski definition) is 2. The molecule has 0 fully saturated rings. The van der Waals surface area contributed by atoms with Crippen LogP contribution in [0.2, 0.25) is 0 Å². The molecular formula is C20H20BrN3. The molecule has 0 aliphatic carbocycles. The zero-order valence-electron chi connectivity index (χ0n) is 13.7. The van der Waals surface area contributed by atoms with Crippen molar-refractivity contribution in [2.24, 2.45) is 0 Å². The number of nitrogens with one attached hydrogen (secondary N) is 1. The van der Waals surface area contributed by atoms with Gasteiger partial charge in [0, 0.05) is 22.1 Å².